The van der Waals surface area contributed by atoms with E-state index in [2.05, 4.69) is 26.0 Å². The molecule has 102 valence electrons. The van der Waals surface area contributed by atoms with Crippen molar-refractivity contribution >= 4 is 37.3 Å². The first-order valence-electron chi connectivity index (χ1n) is 5.99. The summed E-state index contributed by atoms with van der Waals surface area (Å²) < 4.78 is 27.5. The molecule has 0 spiro atoms. The zero-order chi connectivity index (χ0) is 13.0. The van der Waals surface area contributed by atoms with Gasteiger partial charge in [-0.2, -0.15) is 0 Å². The summed E-state index contributed by atoms with van der Waals surface area (Å²) in [5.41, 5.74) is 0. The second-order valence-electron chi connectivity index (χ2n) is 4.48. The van der Waals surface area contributed by atoms with E-state index < -0.39 is 10.0 Å². The molecule has 1 aliphatic rings. The van der Waals surface area contributed by atoms with E-state index >= 15 is 0 Å². The Morgan fingerprint density at radius 2 is 2.33 bits per heavy atom. The van der Waals surface area contributed by atoms with Crippen LogP contribution in [0.3, 0.4) is 0 Å². The van der Waals surface area contributed by atoms with Crippen molar-refractivity contribution < 1.29 is 8.42 Å². The highest BCUT2D eigenvalue weighted by Crippen LogP contribution is 2.19. The third-order valence-electron chi connectivity index (χ3n) is 2.92. The van der Waals surface area contributed by atoms with Crippen molar-refractivity contribution in [1.29, 1.82) is 0 Å². The maximum absolute atomic E-state index is 11.9. The van der Waals surface area contributed by atoms with Crippen molar-refractivity contribution in [3.63, 3.8) is 0 Å². The number of hydrogen-bond acceptors (Lipinski definition) is 4. The van der Waals surface area contributed by atoms with Crippen LogP contribution >= 0.6 is 27.3 Å². The standard InChI is InChI=1S/C11H17BrN2O2S2/c12-9-5-11(17-7-9)6-14-18(15,16)8-10-3-1-2-4-13-10/h5,7,10,13-14H,1-4,6,8H2. The lowest BCUT2D eigenvalue weighted by atomic mass is 10.1. The summed E-state index contributed by atoms with van der Waals surface area (Å²) in [6, 6.07) is 2.04. The third-order valence-corrected chi connectivity index (χ3v) is 6.04. The van der Waals surface area contributed by atoms with E-state index in [0.717, 1.165) is 35.2 Å². The van der Waals surface area contributed by atoms with Crippen LogP contribution in [-0.2, 0) is 16.6 Å². The van der Waals surface area contributed by atoms with E-state index in [1.165, 1.54) is 0 Å². The van der Waals surface area contributed by atoms with Crippen molar-refractivity contribution in [3.8, 4) is 0 Å². The van der Waals surface area contributed by atoms with Gasteiger partial charge in [0.05, 0.1) is 5.75 Å². The number of piperidine rings is 1. The summed E-state index contributed by atoms with van der Waals surface area (Å²) in [6.45, 7) is 1.31. The fraction of sp³-hybridized carbons (Fsp3) is 0.636. The van der Waals surface area contributed by atoms with E-state index in [4.69, 9.17) is 0 Å². The molecule has 0 bridgehead atoms. The van der Waals surface area contributed by atoms with Gasteiger partial charge in [-0.3, -0.25) is 0 Å². The van der Waals surface area contributed by atoms with E-state index in [9.17, 15) is 8.42 Å². The van der Waals surface area contributed by atoms with Crippen molar-refractivity contribution in [3.05, 3.63) is 20.8 Å². The minimum Gasteiger partial charge on any atom is -0.313 e. The summed E-state index contributed by atoms with van der Waals surface area (Å²) in [5, 5.41) is 5.20. The number of thiophene rings is 1. The lowest BCUT2D eigenvalue weighted by molar-refractivity contribution is 0.422. The Balaban J connectivity index is 1.83. The average Bonchev–Trinajstić information content (AvgIpc) is 2.74. The van der Waals surface area contributed by atoms with Gasteiger partial charge in [-0.15, -0.1) is 11.3 Å². The molecule has 0 aromatic carbocycles. The van der Waals surface area contributed by atoms with Gasteiger partial charge in [0, 0.05) is 27.3 Å². The first-order chi connectivity index (χ1) is 8.55. The number of hydrogen-bond donors (Lipinski definition) is 2. The quantitative estimate of drug-likeness (QED) is 0.852. The summed E-state index contributed by atoms with van der Waals surface area (Å²) in [7, 11) is -3.19. The van der Waals surface area contributed by atoms with Crippen LogP contribution in [0.1, 0.15) is 24.1 Å². The topological polar surface area (TPSA) is 58.2 Å². The van der Waals surface area contributed by atoms with Crippen LogP contribution in [0.15, 0.2) is 15.9 Å². The van der Waals surface area contributed by atoms with Gasteiger partial charge < -0.3 is 5.32 Å². The van der Waals surface area contributed by atoms with E-state index in [1.54, 1.807) is 11.3 Å². The molecule has 1 aliphatic heterocycles. The fourth-order valence-corrected chi connectivity index (χ4v) is 4.81. The number of halogens is 1. The summed E-state index contributed by atoms with van der Waals surface area (Å²) in [5.74, 6) is 0.180. The second-order valence-corrected chi connectivity index (χ2v) is 8.24. The van der Waals surface area contributed by atoms with Crippen molar-refractivity contribution in [1.82, 2.24) is 10.0 Å². The Bertz CT molecular complexity index is 481. The zero-order valence-corrected chi connectivity index (χ0v) is 13.2. The second kappa shape index (κ2) is 6.47. The lowest BCUT2D eigenvalue weighted by Crippen LogP contribution is -2.42. The van der Waals surface area contributed by atoms with Gasteiger partial charge in [0.15, 0.2) is 0 Å². The Morgan fingerprint density at radius 1 is 1.50 bits per heavy atom. The van der Waals surface area contributed by atoms with E-state index in [0.29, 0.717) is 6.54 Å². The fourth-order valence-electron chi connectivity index (χ4n) is 2.02. The molecular formula is C11H17BrN2O2S2. The summed E-state index contributed by atoms with van der Waals surface area (Å²) in [4.78, 5) is 1.02. The van der Waals surface area contributed by atoms with Crippen molar-refractivity contribution in [2.75, 3.05) is 12.3 Å². The van der Waals surface area contributed by atoms with Gasteiger partial charge in [-0.05, 0) is 41.4 Å². The van der Waals surface area contributed by atoms with Crippen LogP contribution < -0.4 is 10.0 Å². The third kappa shape index (κ3) is 4.62. The smallest absolute Gasteiger partial charge is 0.213 e. The molecule has 4 nitrogen and oxygen atoms in total. The van der Waals surface area contributed by atoms with Gasteiger partial charge >= 0.3 is 0 Å². The van der Waals surface area contributed by atoms with Gasteiger partial charge in [0.2, 0.25) is 10.0 Å². The monoisotopic (exact) mass is 352 g/mol. The molecule has 0 radical (unpaired) electrons. The van der Waals surface area contributed by atoms with Crippen LogP contribution in [0, 0.1) is 0 Å². The van der Waals surface area contributed by atoms with Crippen molar-refractivity contribution in [2.24, 2.45) is 0 Å². The first-order valence-corrected chi connectivity index (χ1v) is 9.31. The molecule has 7 heteroatoms. The molecule has 1 aromatic heterocycles. The molecule has 2 N–H and O–H groups in total. The van der Waals surface area contributed by atoms with Crippen LogP contribution in [-0.4, -0.2) is 26.8 Å². The molecule has 0 aliphatic carbocycles. The van der Waals surface area contributed by atoms with Gasteiger partial charge in [-0.25, -0.2) is 13.1 Å². The molecule has 1 aromatic rings. The van der Waals surface area contributed by atoms with E-state index in [-0.39, 0.29) is 11.8 Å². The maximum atomic E-state index is 11.9. The molecular weight excluding hydrogens is 336 g/mol. The highest BCUT2D eigenvalue weighted by atomic mass is 79.9. The summed E-state index contributed by atoms with van der Waals surface area (Å²) >= 11 is 4.90. The molecule has 1 saturated heterocycles. The molecule has 1 unspecified atom stereocenters. The van der Waals surface area contributed by atoms with Crippen LogP contribution in [0.25, 0.3) is 0 Å². The van der Waals surface area contributed by atoms with Crippen molar-refractivity contribution in [2.45, 2.75) is 31.8 Å². The van der Waals surface area contributed by atoms with Crippen LogP contribution in [0.2, 0.25) is 0 Å². The minimum atomic E-state index is -3.19. The SMILES string of the molecule is O=S(=O)(CC1CCCCN1)NCc1cc(Br)cs1. The first kappa shape index (κ1) is 14.5. The summed E-state index contributed by atoms with van der Waals surface area (Å²) in [6.07, 6.45) is 3.21. The maximum Gasteiger partial charge on any atom is 0.213 e. The highest BCUT2D eigenvalue weighted by Gasteiger charge is 2.20. The Morgan fingerprint density at radius 3 is 2.94 bits per heavy atom. The zero-order valence-electron chi connectivity index (χ0n) is 9.99. The predicted octanol–water partition coefficient (Wildman–Crippen LogP) is 2.07. The Kier molecular flexibility index (Phi) is 5.20. The molecule has 1 atom stereocenters. The van der Waals surface area contributed by atoms with E-state index in [1.807, 2.05) is 11.4 Å². The average molecular weight is 353 g/mol. The molecule has 0 amide bonds. The van der Waals surface area contributed by atoms with Gasteiger partial charge in [0.25, 0.3) is 0 Å². The molecule has 2 heterocycles. The predicted molar refractivity (Wildman–Crippen MR) is 78.3 cm³/mol. The number of rotatable bonds is 5. The number of nitrogens with one attached hydrogen (secondary N) is 2. The minimum absolute atomic E-state index is 0.103. The normalized spacial score (nSPS) is 21.1. The molecule has 1 fully saturated rings. The Hall–Kier alpha value is 0.0500. The molecule has 2 rings (SSSR count). The van der Waals surface area contributed by atoms with Crippen LogP contribution in [0.4, 0.5) is 0 Å². The van der Waals surface area contributed by atoms with Crippen LogP contribution in [0.5, 0.6) is 0 Å². The number of sulfonamides is 1. The van der Waals surface area contributed by atoms with Gasteiger partial charge in [-0.1, -0.05) is 6.42 Å². The Labute approximate surface area is 120 Å². The van der Waals surface area contributed by atoms with Gasteiger partial charge in [0.1, 0.15) is 0 Å². The highest BCUT2D eigenvalue weighted by molar-refractivity contribution is 9.10. The lowest BCUT2D eigenvalue weighted by Gasteiger charge is -2.23. The largest absolute Gasteiger partial charge is 0.313 e. The molecule has 0 saturated carbocycles. The molecule has 18 heavy (non-hydrogen) atoms.